The van der Waals surface area contributed by atoms with Gasteiger partial charge in [-0.2, -0.15) is 0 Å². The molecule has 4 heteroatoms. The molecule has 0 aliphatic carbocycles. The molecule has 2 rings (SSSR count). The predicted octanol–water partition coefficient (Wildman–Crippen LogP) is 4.36. The molecule has 0 aliphatic rings. The lowest BCUT2D eigenvalue weighted by Gasteiger charge is -2.17. The standard InChI is InChI=1S/C16H15Cl2NO/c1-11-9-13(18)7-8-14(11)16(20)19-15(10-17)12-5-3-2-4-6-12/h2-9,15H,10H2,1H3,(H,19,20). The van der Waals surface area contributed by atoms with Gasteiger partial charge in [-0.25, -0.2) is 0 Å². The maximum absolute atomic E-state index is 12.3. The fraction of sp³-hybridized carbons (Fsp3) is 0.188. The van der Waals surface area contributed by atoms with Gasteiger partial charge in [0, 0.05) is 16.5 Å². The van der Waals surface area contributed by atoms with Crippen molar-refractivity contribution in [3.8, 4) is 0 Å². The number of carbonyl (C=O) groups is 1. The number of amides is 1. The number of halogens is 2. The van der Waals surface area contributed by atoms with Gasteiger partial charge in [-0.1, -0.05) is 41.9 Å². The number of nitrogens with one attached hydrogen (secondary N) is 1. The third-order valence-corrected chi connectivity index (χ3v) is 3.64. The molecule has 0 heterocycles. The van der Waals surface area contributed by atoms with E-state index in [9.17, 15) is 4.79 Å². The fourth-order valence-corrected chi connectivity index (χ4v) is 2.50. The number of hydrogen-bond acceptors (Lipinski definition) is 1. The summed E-state index contributed by atoms with van der Waals surface area (Å²) in [5.41, 5.74) is 2.44. The number of hydrogen-bond donors (Lipinski definition) is 1. The molecule has 104 valence electrons. The van der Waals surface area contributed by atoms with E-state index in [0.29, 0.717) is 16.5 Å². The van der Waals surface area contributed by atoms with Gasteiger partial charge < -0.3 is 5.32 Å². The van der Waals surface area contributed by atoms with Gasteiger partial charge in [0.1, 0.15) is 0 Å². The van der Waals surface area contributed by atoms with Crippen molar-refractivity contribution in [3.05, 3.63) is 70.2 Å². The van der Waals surface area contributed by atoms with Gasteiger partial charge in [0.2, 0.25) is 0 Å². The first-order valence-electron chi connectivity index (χ1n) is 6.29. The van der Waals surface area contributed by atoms with Crippen molar-refractivity contribution in [3.63, 3.8) is 0 Å². The van der Waals surface area contributed by atoms with Crippen LogP contribution in [0.4, 0.5) is 0 Å². The van der Waals surface area contributed by atoms with Crippen molar-refractivity contribution in [2.45, 2.75) is 13.0 Å². The quantitative estimate of drug-likeness (QED) is 0.836. The Morgan fingerprint density at radius 3 is 2.50 bits per heavy atom. The monoisotopic (exact) mass is 307 g/mol. The van der Waals surface area contributed by atoms with Gasteiger partial charge in [0.15, 0.2) is 0 Å². The van der Waals surface area contributed by atoms with E-state index in [-0.39, 0.29) is 11.9 Å². The topological polar surface area (TPSA) is 29.1 Å². The van der Waals surface area contributed by atoms with Crippen LogP contribution in [0.15, 0.2) is 48.5 Å². The zero-order valence-corrected chi connectivity index (χ0v) is 12.6. The molecule has 2 nitrogen and oxygen atoms in total. The average molecular weight is 308 g/mol. The number of rotatable bonds is 4. The molecule has 1 unspecified atom stereocenters. The van der Waals surface area contributed by atoms with Crippen LogP contribution in [-0.4, -0.2) is 11.8 Å². The summed E-state index contributed by atoms with van der Waals surface area (Å²) in [5, 5.41) is 3.57. The van der Waals surface area contributed by atoms with Gasteiger partial charge in [-0.15, -0.1) is 11.6 Å². The minimum absolute atomic E-state index is 0.145. The number of carbonyl (C=O) groups excluding carboxylic acids is 1. The molecule has 0 fully saturated rings. The Hall–Kier alpha value is -1.51. The highest BCUT2D eigenvalue weighted by molar-refractivity contribution is 6.30. The van der Waals surface area contributed by atoms with Gasteiger partial charge in [0.05, 0.1) is 6.04 Å². The smallest absolute Gasteiger partial charge is 0.252 e. The zero-order valence-electron chi connectivity index (χ0n) is 11.1. The summed E-state index contributed by atoms with van der Waals surface area (Å²) in [4.78, 5) is 12.3. The van der Waals surface area contributed by atoms with Gasteiger partial charge >= 0.3 is 0 Å². The molecule has 0 saturated carbocycles. The minimum Gasteiger partial charge on any atom is -0.344 e. The molecule has 0 aliphatic heterocycles. The summed E-state index contributed by atoms with van der Waals surface area (Å²) in [6.07, 6.45) is 0. The van der Waals surface area contributed by atoms with Gasteiger partial charge in [0.25, 0.3) is 5.91 Å². The summed E-state index contributed by atoms with van der Waals surface area (Å²) in [6.45, 7) is 1.86. The highest BCUT2D eigenvalue weighted by Crippen LogP contribution is 2.18. The molecule has 1 N–H and O–H groups in total. The van der Waals surface area contributed by atoms with Crippen molar-refractivity contribution >= 4 is 29.1 Å². The second kappa shape index (κ2) is 6.78. The molecular formula is C16H15Cl2NO. The lowest BCUT2D eigenvalue weighted by Crippen LogP contribution is -2.30. The molecule has 1 atom stereocenters. The number of aryl methyl sites for hydroxylation is 1. The van der Waals surface area contributed by atoms with Gasteiger partial charge in [-0.05, 0) is 36.2 Å². The number of alkyl halides is 1. The van der Waals surface area contributed by atoms with Crippen LogP contribution in [0.25, 0.3) is 0 Å². The van der Waals surface area contributed by atoms with Crippen LogP contribution in [0.5, 0.6) is 0 Å². The second-order valence-corrected chi connectivity index (χ2v) is 5.30. The molecule has 0 radical (unpaired) electrons. The van der Waals surface area contributed by atoms with Crippen LogP contribution < -0.4 is 5.32 Å². The molecule has 0 bridgehead atoms. The minimum atomic E-state index is -0.208. The van der Waals surface area contributed by atoms with Crippen LogP contribution in [0, 0.1) is 6.92 Å². The van der Waals surface area contributed by atoms with Crippen LogP contribution in [0.3, 0.4) is 0 Å². The Bertz CT molecular complexity index is 599. The Balaban J connectivity index is 2.17. The van der Waals surface area contributed by atoms with Crippen LogP contribution in [0.1, 0.15) is 27.5 Å². The summed E-state index contributed by atoms with van der Waals surface area (Å²) >= 11 is 11.9. The third kappa shape index (κ3) is 3.53. The normalized spacial score (nSPS) is 11.9. The summed E-state index contributed by atoms with van der Waals surface area (Å²) in [5.74, 6) is 0.177. The Labute approximate surface area is 128 Å². The molecule has 0 aromatic heterocycles. The summed E-state index contributed by atoms with van der Waals surface area (Å²) < 4.78 is 0. The summed E-state index contributed by atoms with van der Waals surface area (Å²) in [7, 11) is 0. The maximum atomic E-state index is 12.3. The highest BCUT2D eigenvalue weighted by atomic mass is 35.5. The lowest BCUT2D eigenvalue weighted by atomic mass is 10.1. The van der Waals surface area contributed by atoms with E-state index in [1.54, 1.807) is 18.2 Å². The first-order chi connectivity index (χ1) is 9.61. The Kier molecular flexibility index (Phi) is 5.05. The van der Waals surface area contributed by atoms with Crippen LogP contribution in [-0.2, 0) is 0 Å². The van der Waals surface area contributed by atoms with Crippen molar-refractivity contribution in [2.75, 3.05) is 5.88 Å². The second-order valence-electron chi connectivity index (χ2n) is 4.55. The van der Waals surface area contributed by atoms with E-state index in [4.69, 9.17) is 23.2 Å². The molecule has 2 aromatic carbocycles. The van der Waals surface area contributed by atoms with E-state index >= 15 is 0 Å². The van der Waals surface area contributed by atoms with E-state index in [0.717, 1.165) is 11.1 Å². The van der Waals surface area contributed by atoms with E-state index in [1.165, 1.54) is 0 Å². The Morgan fingerprint density at radius 2 is 1.90 bits per heavy atom. The Morgan fingerprint density at radius 1 is 1.20 bits per heavy atom. The first-order valence-corrected chi connectivity index (χ1v) is 7.21. The van der Waals surface area contributed by atoms with Crippen molar-refractivity contribution in [1.29, 1.82) is 0 Å². The van der Waals surface area contributed by atoms with Crippen molar-refractivity contribution in [2.24, 2.45) is 0 Å². The third-order valence-electron chi connectivity index (χ3n) is 3.09. The first kappa shape index (κ1) is 14.9. The molecule has 20 heavy (non-hydrogen) atoms. The van der Waals surface area contributed by atoms with Crippen LogP contribution >= 0.6 is 23.2 Å². The molecule has 0 saturated heterocycles. The molecule has 2 aromatic rings. The largest absolute Gasteiger partial charge is 0.344 e. The SMILES string of the molecule is Cc1cc(Cl)ccc1C(=O)NC(CCl)c1ccccc1. The van der Waals surface area contributed by atoms with Crippen LogP contribution in [0.2, 0.25) is 5.02 Å². The molecular weight excluding hydrogens is 293 g/mol. The average Bonchev–Trinajstić information content (AvgIpc) is 2.45. The predicted molar refractivity (Wildman–Crippen MR) is 83.6 cm³/mol. The van der Waals surface area contributed by atoms with Crippen molar-refractivity contribution in [1.82, 2.24) is 5.32 Å². The van der Waals surface area contributed by atoms with E-state index in [1.807, 2.05) is 37.3 Å². The number of benzene rings is 2. The fourth-order valence-electron chi connectivity index (χ4n) is 2.01. The zero-order chi connectivity index (χ0) is 14.5. The highest BCUT2D eigenvalue weighted by Gasteiger charge is 2.16. The van der Waals surface area contributed by atoms with Crippen molar-refractivity contribution < 1.29 is 4.79 Å². The summed E-state index contributed by atoms with van der Waals surface area (Å²) in [6, 6.07) is 14.7. The maximum Gasteiger partial charge on any atom is 0.252 e. The lowest BCUT2D eigenvalue weighted by molar-refractivity contribution is 0.0940. The van der Waals surface area contributed by atoms with E-state index < -0.39 is 0 Å². The van der Waals surface area contributed by atoms with E-state index in [2.05, 4.69) is 5.32 Å². The molecule has 1 amide bonds. The molecule has 0 spiro atoms. The van der Waals surface area contributed by atoms with Gasteiger partial charge in [-0.3, -0.25) is 4.79 Å².